The minimum atomic E-state index is -1.47. The van der Waals surface area contributed by atoms with E-state index in [9.17, 15) is 13.2 Å². The van der Waals surface area contributed by atoms with Crippen LogP contribution in [0.4, 0.5) is 17.6 Å². The first kappa shape index (κ1) is 19.5. The lowest BCUT2D eigenvalue weighted by atomic mass is 9.88. The number of fused-ring (bicyclic) bond motifs is 1. The SMILES string of the molecule is CCCC1CCC2(F)CC(c3ccc(OCC)c(F)c3F)CC2CC1F. The summed E-state index contributed by atoms with van der Waals surface area (Å²) in [7, 11) is 0. The fourth-order valence-corrected chi connectivity index (χ4v) is 4.96. The molecule has 0 N–H and O–H groups in total. The standard InChI is InChI=1S/C21H28F4O/c1-3-5-13-8-9-21(25)12-14(10-15(21)11-17(13)22)16-6-7-18(26-4-2)20(24)19(16)23/h6-7,13-15,17H,3-5,8-12H2,1-2H3. The molecule has 1 aromatic carbocycles. The molecule has 0 amide bonds. The van der Waals surface area contributed by atoms with Gasteiger partial charge in [0.15, 0.2) is 11.6 Å². The number of halogens is 4. The predicted octanol–water partition coefficient (Wildman–Crippen LogP) is 6.50. The quantitative estimate of drug-likeness (QED) is 0.536. The summed E-state index contributed by atoms with van der Waals surface area (Å²) >= 11 is 0. The fourth-order valence-electron chi connectivity index (χ4n) is 4.96. The van der Waals surface area contributed by atoms with Gasteiger partial charge in [-0.3, -0.25) is 0 Å². The largest absolute Gasteiger partial charge is 0.491 e. The second-order valence-electron chi connectivity index (χ2n) is 7.92. The Bertz CT molecular complexity index is 635. The molecule has 2 fully saturated rings. The molecule has 0 spiro atoms. The molecule has 0 aliphatic heterocycles. The third kappa shape index (κ3) is 3.59. The lowest BCUT2D eigenvalue weighted by molar-refractivity contribution is 0.0926. The van der Waals surface area contributed by atoms with E-state index in [0.717, 1.165) is 12.8 Å². The highest BCUT2D eigenvalue weighted by atomic mass is 19.2. The first-order valence-corrected chi connectivity index (χ1v) is 9.83. The zero-order chi connectivity index (χ0) is 18.9. The van der Waals surface area contributed by atoms with Gasteiger partial charge < -0.3 is 4.74 Å². The summed E-state index contributed by atoms with van der Waals surface area (Å²) < 4.78 is 63.9. The minimum absolute atomic E-state index is 0.0728. The van der Waals surface area contributed by atoms with E-state index < -0.39 is 35.3 Å². The summed E-state index contributed by atoms with van der Waals surface area (Å²) in [5, 5.41) is 0. The Labute approximate surface area is 153 Å². The molecular formula is C21H28F4O. The maximum atomic E-state index is 15.6. The molecule has 0 radical (unpaired) electrons. The van der Waals surface area contributed by atoms with E-state index in [0.29, 0.717) is 19.3 Å². The average Bonchev–Trinajstić information content (AvgIpc) is 2.87. The van der Waals surface area contributed by atoms with Gasteiger partial charge in [0.2, 0.25) is 5.82 Å². The van der Waals surface area contributed by atoms with Gasteiger partial charge in [-0.15, -0.1) is 0 Å². The van der Waals surface area contributed by atoms with Crippen molar-refractivity contribution in [3.8, 4) is 5.75 Å². The lowest BCUT2D eigenvalue weighted by Gasteiger charge is -2.24. The van der Waals surface area contributed by atoms with E-state index in [2.05, 4.69) is 0 Å². The normalized spacial score (nSPS) is 34.4. The fraction of sp³-hybridized carbons (Fsp3) is 0.714. The Morgan fingerprint density at radius 1 is 1.15 bits per heavy atom. The highest BCUT2D eigenvalue weighted by Crippen LogP contribution is 2.55. The maximum absolute atomic E-state index is 15.6. The van der Waals surface area contributed by atoms with Crippen molar-refractivity contribution < 1.29 is 22.3 Å². The Balaban J connectivity index is 1.79. The number of benzene rings is 1. The average molecular weight is 372 g/mol. The maximum Gasteiger partial charge on any atom is 0.200 e. The van der Waals surface area contributed by atoms with E-state index in [1.54, 1.807) is 6.92 Å². The van der Waals surface area contributed by atoms with Gasteiger partial charge in [-0.25, -0.2) is 13.2 Å². The second-order valence-corrected chi connectivity index (χ2v) is 7.92. The van der Waals surface area contributed by atoms with Crippen molar-refractivity contribution in [2.75, 3.05) is 6.61 Å². The summed E-state index contributed by atoms with van der Waals surface area (Å²) in [6.07, 6.45) is 2.25. The first-order chi connectivity index (χ1) is 12.4. The van der Waals surface area contributed by atoms with Crippen LogP contribution in [0, 0.1) is 23.5 Å². The molecule has 0 saturated heterocycles. The van der Waals surface area contributed by atoms with Crippen molar-refractivity contribution in [3.05, 3.63) is 29.3 Å². The predicted molar refractivity (Wildman–Crippen MR) is 94.0 cm³/mol. The molecule has 0 bridgehead atoms. The Hall–Kier alpha value is -1.26. The van der Waals surface area contributed by atoms with Crippen molar-refractivity contribution in [2.24, 2.45) is 11.8 Å². The van der Waals surface area contributed by atoms with E-state index in [-0.39, 0.29) is 36.7 Å². The van der Waals surface area contributed by atoms with Gasteiger partial charge in [0.1, 0.15) is 11.8 Å². The highest BCUT2D eigenvalue weighted by Gasteiger charge is 2.51. The number of alkyl halides is 2. The molecular weight excluding hydrogens is 344 g/mol. The van der Waals surface area contributed by atoms with Gasteiger partial charge in [-0.1, -0.05) is 19.4 Å². The van der Waals surface area contributed by atoms with Gasteiger partial charge in [0, 0.05) is 0 Å². The molecule has 26 heavy (non-hydrogen) atoms. The number of ether oxygens (including phenoxy) is 1. The molecule has 146 valence electrons. The van der Waals surface area contributed by atoms with Crippen molar-refractivity contribution >= 4 is 0 Å². The van der Waals surface area contributed by atoms with E-state index in [1.165, 1.54) is 12.1 Å². The summed E-state index contributed by atoms with van der Waals surface area (Å²) in [5.74, 6) is -3.00. The van der Waals surface area contributed by atoms with Crippen LogP contribution in [0.5, 0.6) is 5.75 Å². The molecule has 2 saturated carbocycles. The van der Waals surface area contributed by atoms with Crippen LogP contribution in [0.3, 0.4) is 0 Å². The highest BCUT2D eigenvalue weighted by molar-refractivity contribution is 5.34. The van der Waals surface area contributed by atoms with Gasteiger partial charge in [0.05, 0.1) is 6.61 Å². The minimum Gasteiger partial charge on any atom is -0.491 e. The molecule has 5 unspecified atom stereocenters. The molecule has 2 aliphatic carbocycles. The Morgan fingerprint density at radius 2 is 1.92 bits per heavy atom. The molecule has 2 aliphatic rings. The molecule has 5 atom stereocenters. The Kier molecular flexibility index (Phi) is 5.83. The van der Waals surface area contributed by atoms with Crippen LogP contribution in [0.15, 0.2) is 12.1 Å². The van der Waals surface area contributed by atoms with E-state index >= 15 is 4.39 Å². The zero-order valence-electron chi connectivity index (χ0n) is 15.5. The van der Waals surface area contributed by atoms with Gasteiger partial charge in [0.25, 0.3) is 0 Å². The van der Waals surface area contributed by atoms with Crippen LogP contribution >= 0.6 is 0 Å². The molecule has 0 aromatic heterocycles. The summed E-state index contributed by atoms with van der Waals surface area (Å²) in [5.41, 5.74) is -1.28. The van der Waals surface area contributed by atoms with Crippen LogP contribution in [-0.2, 0) is 0 Å². The number of hydrogen-bond acceptors (Lipinski definition) is 1. The summed E-state index contributed by atoms with van der Waals surface area (Å²) in [6.45, 7) is 3.95. The smallest absolute Gasteiger partial charge is 0.200 e. The van der Waals surface area contributed by atoms with Crippen LogP contribution in [0.2, 0.25) is 0 Å². The molecule has 5 heteroatoms. The van der Waals surface area contributed by atoms with Crippen LogP contribution < -0.4 is 4.74 Å². The van der Waals surface area contributed by atoms with Gasteiger partial charge >= 0.3 is 0 Å². The first-order valence-electron chi connectivity index (χ1n) is 9.83. The van der Waals surface area contributed by atoms with Crippen molar-refractivity contribution in [1.82, 2.24) is 0 Å². The van der Waals surface area contributed by atoms with Crippen LogP contribution in [0.25, 0.3) is 0 Å². The lowest BCUT2D eigenvalue weighted by Crippen LogP contribution is -2.27. The summed E-state index contributed by atoms with van der Waals surface area (Å²) in [6, 6.07) is 2.90. The second kappa shape index (κ2) is 7.77. The van der Waals surface area contributed by atoms with Crippen LogP contribution in [0.1, 0.15) is 70.3 Å². The number of rotatable bonds is 5. The topological polar surface area (TPSA) is 9.23 Å². The third-order valence-electron chi connectivity index (χ3n) is 6.31. The van der Waals surface area contributed by atoms with Gasteiger partial charge in [-0.2, -0.15) is 4.39 Å². The number of hydrogen-bond donors (Lipinski definition) is 0. The molecule has 1 nitrogen and oxygen atoms in total. The Morgan fingerprint density at radius 3 is 2.62 bits per heavy atom. The van der Waals surface area contributed by atoms with E-state index in [4.69, 9.17) is 4.74 Å². The van der Waals surface area contributed by atoms with Crippen molar-refractivity contribution in [2.45, 2.75) is 76.6 Å². The van der Waals surface area contributed by atoms with E-state index in [1.807, 2.05) is 6.92 Å². The van der Waals surface area contributed by atoms with Crippen molar-refractivity contribution in [3.63, 3.8) is 0 Å². The van der Waals surface area contributed by atoms with Crippen LogP contribution in [-0.4, -0.2) is 18.4 Å². The van der Waals surface area contributed by atoms with Gasteiger partial charge in [-0.05, 0) is 74.8 Å². The molecule has 3 rings (SSSR count). The molecule has 1 aromatic rings. The zero-order valence-corrected chi connectivity index (χ0v) is 15.5. The monoisotopic (exact) mass is 372 g/mol. The summed E-state index contributed by atoms with van der Waals surface area (Å²) in [4.78, 5) is 0. The third-order valence-corrected chi connectivity index (χ3v) is 6.31. The molecule has 0 heterocycles. The van der Waals surface area contributed by atoms with Crippen molar-refractivity contribution in [1.29, 1.82) is 0 Å².